The van der Waals surface area contributed by atoms with Gasteiger partial charge in [-0.25, -0.2) is 9.78 Å². The molecule has 0 saturated carbocycles. The third kappa shape index (κ3) is 3.13. The van der Waals surface area contributed by atoms with E-state index in [0.717, 1.165) is 5.69 Å². The molecule has 0 fully saturated rings. The molecule has 6 nitrogen and oxygen atoms in total. The molecule has 0 N–H and O–H groups in total. The topological polar surface area (TPSA) is 69.9 Å². The number of hydrogen-bond donors (Lipinski definition) is 0. The van der Waals surface area contributed by atoms with Crippen LogP contribution in [0.25, 0.3) is 4.96 Å². The molecule has 2 aromatic heterocycles. The number of aromatic nitrogens is 2. The number of hydrogen-bond acceptors (Lipinski definition) is 6. The fraction of sp³-hybridized carbons (Fsp3) is 0.188. The number of nitrogens with zero attached hydrogens (tertiary/aromatic N) is 2. The Morgan fingerprint density at radius 1 is 1.38 bits per heavy atom. The number of ether oxygens (including phenoxy) is 2. The molecule has 24 heavy (non-hydrogen) atoms. The first-order chi connectivity index (χ1) is 11.5. The zero-order valence-corrected chi connectivity index (χ0v) is 14.5. The lowest BCUT2D eigenvalue weighted by Gasteiger charge is -2.09. The van der Waals surface area contributed by atoms with E-state index in [1.54, 1.807) is 12.1 Å². The summed E-state index contributed by atoms with van der Waals surface area (Å²) in [6, 6.07) is 6.03. The van der Waals surface area contributed by atoms with Crippen LogP contribution in [0, 0.1) is 6.92 Å². The number of carbonyl (C=O) groups is 1. The summed E-state index contributed by atoms with van der Waals surface area (Å²) in [5.74, 6) is -0.236. The second kappa shape index (κ2) is 6.62. The number of esters is 1. The van der Waals surface area contributed by atoms with Crippen molar-refractivity contribution >= 4 is 33.9 Å². The zero-order chi connectivity index (χ0) is 17.3. The predicted octanol–water partition coefficient (Wildman–Crippen LogP) is 3.08. The molecule has 0 spiro atoms. The number of carbonyl (C=O) groups excluding carboxylic acids is 1. The summed E-state index contributed by atoms with van der Waals surface area (Å²) >= 11 is 7.26. The summed E-state index contributed by atoms with van der Waals surface area (Å²) in [7, 11) is 1.45. The Bertz CT molecular complexity index is 980. The molecule has 2 heterocycles. The Labute approximate surface area is 146 Å². The van der Waals surface area contributed by atoms with Crippen LogP contribution in [0.1, 0.15) is 21.7 Å². The minimum absolute atomic E-state index is 0.114. The third-order valence-corrected chi connectivity index (χ3v) is 4.54. The van der Waals surface area contributed by atoms with E-state index < -0.39 is 5.97 Å². The van der Waals surface area contributed by atoms with E-state index in [4.69, 9.17) is 21.1 Å². The third-order valence-electron chi connectivity index (χ3n) is 3.36. The summed E-state index contributed by atoms with van der Waals surface area (Å²) < 4.78 is 11.9. The standard InChI is InChI=1S/C16H13ClN2O4S/c1-9-8-24-16-18-11(6-14(20)19(9)16)7-23-15(21)12-5-10(17)3-4-13(12)22-2/h3-6,8H,7H2,1-2H3. The lowest BCUT2D eigenvalue weighted by Crippen LogP contribution is -2.16. The quantitative estimate of drug-likeness (QED) is 0.665. The van der Waals surface area contributed by atoms with Crippen molar-refractivity contribution in [3.63, 3.8) is 0 Å². The number of fused-ring (bicyclic) bond motifs is 1. The number of aryl methyl sites for hydroxylation is 1. The van der Waals surface area contributed by atoms with Gasteiger partial charge < -0.3 is 9.47 Å². The highest BCUT2D eigenvalue weighted by Gasteiger charge is 2.15. The van der Waals surface area contributed by atoms with Crippen molar-refractivity contribution < 1.29 is 14.3 Å². The normalized spacial score (nSPS) is 10.8. The Balaban J connectivity index is 1.82. The summed E-state index contributed by atoms with van der Waals surface area (Å²) in [4.78, 5) is 29.2. The number of thiazole rings is 1. The largest absolute Gasteiger partial charge is 0.496 e. The lowest BCUT2D eigenvalue weighted by molar-refractivity contribution is 0.0464. The Morgan fingerprint density at radius 2 is 2.17 bits per heavy atom. The molecule has 0 unspecified atom stereocenters. The van der Waals surface area contributed by atoms with Gasteiger partial charge in [-0.05, 0) is 25.1 Å². The van der Waals surface area contributed by atoms with Gasteiger partial charge in [0.25, 0.3) is 5.56 Å². The average Bonchev–Trinajstić information content (AvgIpc) is 2.94. The van der Waals surface area contributed by atoms with Crippen LogP contribution in [0.4, 0.5) is 0 Å². The molecule has 0 aliphatic carbocycles. The monoisotopic (exact) mass is 364 g/mol. The van der Waals surface area contributed by atoms with Crippen LogP contribution in [0.3, 0.4) is 0 Å². The second-order valence-electron chi connectivity index (χ2n) is 5.00. The minimum atomic E-state index is -0.598. The Hall–Kier alpha value is -2.38. The van der Waals surface area contributed by atoms with Crippen molar-refractivity contribution in [2.24, 2.45) is 0 Å². The highest BCUT2D eigenvalue weighted by Crippen LogP contribution is 2.23. The highest BCUT2D eigenvalue weighted by atomic mass is 35.5. The maximum Gasteiger partial charge on any atom is 0.342 e. The SMILES string of the molecule is COc1ccc(Cl)cc1C(=O)OCc1cc(=O)n2c(C)csc2n1. The number of rotatable bonds is 4. The van der Waals surface area contributed by atoms with Gasteiger partial charge in [-0.3, -0.25) is 9.20 Å². The van der Waals surface area contributed by atoms with Crippen LogP contribution in [-0.4, -0.2) is 22.5 Å². The van der Waals surface area contributed by atoms with Gasteiger partial charge in [-0.15, -0.1) is 11.3 Å². The van der Waals surface area contributed by atoms with Crippen LogP contribution in [0.15, 0.2) is 34.4 Å². The molecular weight excluding hydrogens is 352 g/mol. The van der Waals surface area contributed by atoms with Crippen molar-refractivity contribution in [1.29, 1.82) is 0 Å². The molecule has 0 saturated heterocycles. The van der Waals surface area contributed by atoms with E-state index in [1.165, 1.54) is 35.0 Å². The molecule has 0 aliphatic heterocycles. The van der Waals surface area contributed by atoms with Crippen LogP contribution in [0.2, 0.25) is 5.02 Å². The van der Waals surface area contributed by atoms with E-state index in [-0.39, 0.29) is 17.7 Å². The molecule has 0 radical (unpaired) electrons. The second-order valence-corrected chi connectivity index (χ2v) is 6.27. The zero-order valence-electron chi connectivity index (χ0n) is 12.9. The molecule has 1 aromatic carbocycles. The molecule has 8 heteroatoms. The fourth-order valence-corrected chi connectivity index (χ4v) is 3.29. The van der Waals surface area contributed by atoms with Gasteiger partial charge >= 0.3 is 5.97 Å². The van der Waals surface area contributed by atoms with Crippen molar-refractivity contribution in [1.82, 2.24) is 9.38 Å². The van der Waals surface area contributed by atoms with Gasteiger partial charge in [-0.1, -0.05) is 11.6 Å². The van der Waals surface area contributed by atoms with E-state index in [1.807, 2.05) is 12.3 Å². The summed E-state index contributed by atoms with van der Waals surface area (Å²) in [6.07, 6.45) is 0. The van der Waals surface area contributed by atoms with Gasteiger partial charge in [0, 0.05) is 22.2 Å². The highest BCUT2D eigenvalue weighted by molar-refractivity contribution is 7.15. The number of benzene rings is 1. The van der Waals surface area contributed by atoms with Crippen molar-refractivity contribution in [3.05, 3.63) is 62.0 Å². The van der Waals surface area contributed by atoms with Gasteiger partial charge in [-0.2, -0.15) is 0 Å². The minimum Gasteiger partial charge on any atom is -0.496 e. The first-order valence-corrected chi connectivity index (χ1v) is 8.23. The van der Waals surface area contributed by atoms with Gasteiger partial charge in [0.1, 0.15) is 17.9 Å². The molecule has 0 aliphatic rings. The van der Waals surface area contributed by atoms with Crippen molar-refractivity contribution in [2.75, 3.05) is 7.11 Å². The average molecular weight is 365 g/mol. The van der Waals surface area contributed by atoms with Crippen LogP contribution >= 0.6 is 22.9 Å². The molecule has 124 valence electrons. The lowest BCUT2D eigenvalue weighted by atomic mass is 10.2. The molecule has 0 atom stereocenters. The van der Waals surface area contributed by atoms with Gasteiger partial charge in [0.15, 0.2) is 4.96 Å². The summed E-state index contributed by atoms with van der Waals surface area (Å²) in [5, 5.41) is 2.24. The molecule has 0 bridgehead atoms. The number of methoxy groups -OCH3 is 1. The summed E-state index contributed by atoms with van der Waals surface area (Å²) in [6.45, 7) is 1.72. The van der Waals surface area contributed by atoms with E-state index in [2.05, 4.69) is 4.98 Å². The van der Waals surface area contributed by atoms with Gasteiger partial charge in [0.2, 0.25) is 0 Å². The molecule has 3 aromatic rings. The maximum absolute atomic E-state index is 12.2. The van der Waals surface area contributed by atoms with Crippen LogP contribution in [0.5, 0.6) is 5.75 Å². The first kappa shape index (κ1) is 16.5. The number of halogens is 1. The first-order valence-electron chi connectivity index (χ1n) is 6.97. The van der Waals surface area contributed by atoms with E-state index in [9.17, 15) is 9.59 Å². The van der Waals surface area contributed by atoms with Crippen molar-refractivity contribution in [2.45, 2.75) is 13.5 Å². The van der Waals surface area contributed by atoms with Crippen LogP contribution < -0.4 is 10.3 Å². The van der Waals surface area contributed by atoms with Crippen LogP contribution in [-0.2, 0) is 11.3 Å². The van der Waals surface area contributed by atoms with E-state index in [0.29, 0.717) is 21.4 Å². The van der Waals surface area contributed by atoms with Crippen molar-refractivity contribution in [3.8, 4) is 5.75 Å². The Morgan fingerprint density at radius 3 is 2.92 bits per heavy atom. The maximum atomic E-state index is 12.2. The van der Waals surface area contributed by atoms with E-state index >= 15 is 0 Å². The predicted molar refractivity (Wildman–Crippen MR) is 91.2 cm³/mol. The Kier molecular flexibility index (Phi) is 4.55. The fourth-order valence-electron chi connectivity index (χ4n) is 2.23. The smallest absolute Gasteiger partial charge is 0.342 e. The molecule has 3 rings (SSSR count). The molecular formula is C16H13ClN2O4S. The van der Waals surface area contributed by atoms with Gasteiger partial charge in [0.05, 0.1) is 12.8 Å². The summed E-state index contributed by atoms with van der Waals surface area (Å²) in [5.41, 5.74) is 1.22. The molecule has 0 amide bonds.